The van der Waals surface area contributed by atoms with E-state index in [0.29, 0.717) is 0 Å². The summed E-state index contributed by atoms with van der Waals surface area (Å²) in [7, 11) is 0. The minimum absolute atomic E-state index is 0.0609. The molecule has 0 amide bonds. The standard InChI is InChI=1S/C39H29N/c1-39(2)35-17-9-8-16-32(35)33-24-21-29(25-36(33)39)40(28-13-4-3-5-14-28)37-18-10-12-27-20-22-31-30-15-7-6-11-26(30)19-23-34(31)38(27)37/h3-25H,1-2H3. The molecule has 1 nitrogen and oxygen atoms in total. The first-order valence-corrected chi connectivity index (χ1v) is 14.0. The number of hydrogen-bond donors (Lipinski definition) is 0. The lowest BCUT2D eigenvalue weighted by Gasteiger charge is -2.29. The fourth-order valence-corrected chi connectivity index (χ4v) is 6.88. The maximum atomic E-state index is 2.44. The third-order valence-corrected chi connectivity index (χ3v) is 8.82. The highest BCUT2D eigenvalue weighted by atomic mass is 15.1. The van der Waals surface area contributed by atoms with Crippen molar-refractivity contribution < 1.29 is 0 Å². The van der Waals surface area contributed by atoms with E-state index in [1.54, 1.807) is 0 Å². The van der Waals surface area contributed by atoms with Crippen LogP contribution in [0.3, 0.4) is 0 Å². The lowest BCUT2D eigenvalue weighted by molar-refractivity contribution is 0.660. The van der Waals surface area contributed by atoms with Gasteiger partial charge in [0, 0.05) is 22.2 Å². The van der Waals surface area contributed by atoms with E-state index in [1.165, 1.54) is 65.9 Å². The number of anilines is 3. The van der Waals surface area contributed by atoms with Crippen LogP contribution in [-0.2, 0) is 5.41 Å². The molecule has 0 aromatic heterocycles. The van der Waals surface area contributed by atoms with Gasteiger partial charge in [-0.3, -0.25) is 0 Å². The molecule has 1 aliphatic rings. The van der Waals surface area contributed by atoms with Gasteiger partial charge in [0.2, 0.25) is 0 Å². The Morgan fingerprint density at radius 2 is 1.15 bits per heavy atom. The van der Waals surface area contributed by atoms with E-state index in [2.05, 4.69) is 158 Å². The maximum Gasteiger partial charge on any atom is 0.0546 e. The van der Waals surface area contributed by atoms with Gasteiger partial charge in [0.15, 0.2) is 0 Å². The van der Waals surface area contributed by atoms with Crippen LogP contribution in [0, 0.1) is 0 Å². The molecule has 0 aliphatic heterocycles. The minimum atomic E-state index is -0.0609. The predicted octanol–water partition coefficient (Wildman–Crippen LogP) is 10.9. The molecule has 0 bridgehead atoms. The first kappa shape index (κ1) is 23.0. The lowest BCUT2D eigenvalue weighted by Crippen LogP contribution is -2.16. The van der Waals surface area contributed by atoms with Gasteiger partial charge >= 0.3 is 0 Å². The fraction of sp³-hybridized carbons (Fsp3) is 0.0769. The second-order valence-electron chi connectivity index (χ2n) is 11.4. The Balaban J connectivity index is 1.42. The van der Waals surface area contributed by atoms with E-state index in [4.69, 9.17) is 0 Å². The molecule has 8 rings (SSSR count). The molecule has 0 atom stereocenters. The van der Waals surface area contributed by atoms with Crippen molar-refractivity contribution in [1.29, 1.82) is 0 Å². The smallest absolute Gasteiger partial charge is 0.0546 e. The average Bonchev–Trinajstić information content (AvgIpc) is 3.23. The molecule has 0 spiro atoms. The molecule has 0 saturated carbocycles. The highest BCUT2D eigenvalue weighted by Crippen LogP contribution is 2.51. The summed E-state index contributed by atoms with van der Waals surface area (Å²) < 4.78 is 0. The highest BCUT2D eigenvalue weighted by Gasteiger charge is 2.35. The van der Waals surface area contributed by atoms with Gasteiger partial charge in [0.25, 0.3) is 0 Å². The van der Waals surface area contributed by atoms with Gasteiger partial charge in [-0.05, 0) is 79.5 Å². The van der Waals surface area contributed by atoms with Crippen molar-refractivity contribution in [1.82, 2.24) is 0 Å². The normalized spacial score (nSPS) is 13.4. The van der Waals surface area contributed by atoms with Crippen molar-refractivity contribution in [3.8, 4) is 11.1 Å². The second kappa shape index (κ2) is 8.56. The Bertz CT molecular complexity index is 2080. The molecular formula is C39H29N. The zero-order chi connectivity index (χ0) is 26.8. The zero-order valence-corrected chi connectivity index (χ0v) is 22.7. The van der Waals surface area contributed by atoms with E-state index in [-0.39, 0.29) is 5.41 Å². The monoisotopic (exact) mass is 511 g/mol. The second-order valence-corrected chi connectivity index (χ2v) is 11.4. The third-order valence-electron chi connectivity index (χ3n) is 8.82. The summed E-state index contributed by atoms with van der Waals surface area (Å²) in [5.74, 6) is 0. The number of hydrogen-bond acceptors (Lipinski definition) is 1. The highest BCUT2D eigenvalue weighted by molar-refractivity contribution is 6.21. The van der Waals surface area contributed by atoms with Crippen LogP contribution in [-0.4, -0.2) is 0 Å². The SMILES string of the molecule is CC1(C)c2ccccc2-c2ccc(N(c3ccccc3)c3cccc4ccc5c6ccccc6ccc5c34)cc21. The van der Waals surface area contributed by atoms with E-state index in [0.717, 1.165) is 5.69 Å². The van der Waals surface area contributed by atoms with E-state index < -0.39 is 0 Å². The zero-order valence-electron chi connectivity index (χ0n) is 22.7. The average molecular weight is 512 g/mol. The molecule has 1 heteroatoms. The molecule has 7 aromatic rings. The summed E-state index contributed by atoms with van der Waals surface area (Å²) in [5, 5.41) is 7.65. The van der Waals surface area contributed by atoms with Gasteiger partial charge in [-0.25, -0.2) is 0 Å². The molecule has 40 heavy (non-hydrogen) atoms. The van der Waals surface area contributed by atoms with Gasteiger partial charge in [-0.15, -0.1) is 0 Å². The fourth-order valence-electron chi connectivity index (χ4n) is 6.88. The summed E-state index contributed by atoms with van der Waals surface area (Å²) in [5.41, 5.74) is 8.93. The Kier molecular flexibility index (Phi) is 4.93. The van der Waals surface area contributed by atoms with Crippen molar-refractivity contribution in [2.45, 2.75) is 19.3 Å². The molecule has 7 aromatic carbocycles. The van der Waals surface area contributed by atoms with Gasteiger partial charge in [0.05, 0.1) is 5.69 Å². The Morgan fingerprint density at radius 1 is 0.450 bits per heavy atom. The summed E-state index contributed by atoms with van der Waals surface area (Å²) >= 11 is 0. The van der Waals surface area contributed by atoms with Crippen LogP contribution in [0.5, 0.6) is 0 Å². The van der Waals surface area contributed by atoms with Crippen LogP contribution in [0.1, 0.15) is 25.0 Å². The van der Waals surface area contributed by atoms with Crippen LogP contribution in [0.2, 0.25) is 0 Å². The first-order valence-electron chi connectivity index (χ1n) is 14.0. The van der Waals surface area contributed by atoms with Crippen molar-refractivity contribution in [2.75, 3.05) is 4.90 Å². The van der Waals surface area contributed by atoms with Crippen molar-refractivity contribution in [2.24, 2.45) is 0 Å². The van der Waals surface area contributed by atoms with Crippen molar-refractivity contribution >= 4 is 49.4 Å². The van der Waals surface area contributed by atoms with E-state index >= 15 is 0 Å². The molecule has 0 fully saturated rings. The Labute approximate surface area is 234 Å². The number of fused-ring (bicyclic) bond motifs is 8. The third kappa shape index (κ3) is 3.28. The van der Waals surface area contributed by atoms with Crippen molar-refractivity contribution in [3.05, 3.63) is 151 Å². The number of para-hydroxylation sites is 1. The summed E-state index contributed by atoms with van der Waals surface area (Å²) in [6.45, 7) is 4.70. The van der Waals surface area contributed by atoms with Crippen LogP contribution >= 0.6 is 0 Å². The minimum Gasteiger partial charge on any atom is -0.310 e. The number of nitrogens with zero attached hydrogens (tertiary/aromatic N) is 1. The first-order chi connectivity index (χ1) is 19.6. The van der Waals surface area contributed by atoms with Gasteiger partial charge in [0.1, 0.15) is 0 Å². The molecule has 1 aliphatic carbocycles. The lowest BCUT2D eigenvalue weighted by atomic mass is 9.82. The van der Waals surface area contributed by atoms with E-state index in [9.17, 15) is 0 Å². The van der Waals surface area contributed by atoms with Crippen LogP contribution in [0.15, 0.2) is 140 Å². The van der Waals surface area contributed by atoms with Gasteiger partial charge < -0.3 is 4.90 Å². The number of rotatable bonds is 3. The molecule has 190 valence electrons. The predicted molar refractivity (Wildman–Crippen MR) is 171 cm³/mol. The van der Waals surface area contributed by atoms with E-state index in [1.807, 2.05) is 0 Å². The van der Waals surface area contributed by atoms with Gasteiger partial charge in [-0.1, -0.05) is 123 Å². The van der Waals surface area contributed by atoms with Gasteiger partial charge in [-0.2, -0.15) is 0 Å². The molecular weight excluding hydrogens is 482 g/mol. The summed E-state index contributed by atoms with van der Waals surface area (Å²) in [4.78, 5) is 2.44. The molecule has 0 N–H and O–H groups in total. The largest absolute Gasteiger partial charge is 0.310 e. The number of benzene rings is 7. The molecule has 0 unspecified atom stereocenters. The maximum absolute atomic E-state index is 2.44. The Hall–Kier alpha value is -4.88. The summed E-state index contributed by atoms with van der Waals surface area (Å²) in [6, 6.07) is 51.2. The molecule has 0 heterocycles. The quantitative estimate of drug-likeness (QED) is 0.213. The van der Waals surface area contributed by atoms with Crippen molar-refractivity contribution in [3.63, 3.8) is 0 Å². The van der Waals surface area contributed by atoms with Crippen LogP contribution in [0.4, 0.5) is 17.1 Å². The molecule has 0 radical (unpaired) electrons. The topological polar surface area (TPSA) is 3.24 Å². The van der Waals surface area contributed by atoms with Crippen LogP contribution in [0.25, 0.3) is 43.4 Å². The summed E-state index contributed by atoms with van der Waals surface area (Å²) in [6.07, 6.45) is 0. The van der Waals surface area contributed by atoms with Crippen LogP contribution < -0.4 is 4.90 Å². The molecule has 0 saturated heterocycles. The Morgan fingerprint density at radius 3 is 2.05 bits per heavy atom.